The maximum atomic E-state index is 13.1. The summed E-state index contributed by atoms with van der Waals surface area (Å²) in [5.74, 6) is 0.852. The molecule has 0 radical (unpaired) electrons. The molecule has 0 bridgehead atoms. The molecular formula is C26H33N5O4. The first-order valence-electron chi connectivity index (χ1n) is 12.0. The van der Waals surface area contributed by atoms with Crippen LogP contribution in [0.15, 0.2) is 42.9 Å². The Kier molecular flexibility index (Phi) is 6.95. The van der Waals surface area contributed by atoms with Gasteiger partial charge >= 0.3 is 6.09 Å². The standard InChI is InChI=1S/C26H33N5O4/c1-17(2)34-21-14-23-28-20(18-9-12-30(13-10-18)25(33)35-26(3,4)5)16-31(23)15-19(21)24(32)29-22-8-6-7-11-27-22/h6-8,11,14-18H,9-10,12-13H2,1-5H3,(H,27,29,32). The maximum absolute atomic E-state index is 13.1. The van der Waals surface area contributed by atoms with Crippen LogP contribution >= 0.6 is 0 Å². The summed E-state index contributed by atoms with van der Waals surface area (Å²) in [6.07, 6.45) is 6.55. The third kappa shape index (κ3) is 6.09. The van der Waals surface area contributed by atoms with E-state index in [0.29, 0.717) is 35.9 Å². The van der Waals surface area contributed by atoms with Crippen molar-refractivity contribution in [2.75, 3.05) is 18.4 Å². The SMILES string of the molecule is CC(C)Oc1cc2nc(C3CCN(C(=O)OC(C)(C)C)CC3)cn2cc1C(=O)Nc1ccccn1. The van der Waals surface area contributed by atoms with Crippen molar-refractivity contribution in [3.05, 3.63) is 54.1 Å². The van der Waals surface area contributed by atoms with Crippen molar-refractivity contribution in [3.63, 3.8) is 0 Å². The van der Waals surface area contributed by atoms with Gasteiger partial charge in [-0.2, -0.15) is 0 Å². The number of rotatable bonds is 5. The zero-order chi connectivity index (χ0) is 25.2. The average molecular weight is 480 g/mol. The van der Waals surface area contributed by atoms with E-state index in [4.69, 9.17) is 14.5 Å². The van der Waals surface area contributed by atoms with Crippen molar-refractivity contribution < 1.29 is 19.1 Å². The van der Waals surface area contributed by atoms with E-state index in [-0.39, 0.29) is 24.0 Å². The number of hydrogen-bond donors (Lipinski definition) is 1. The number of nitrogens with zero attached hydrogens (tertiary/aromatic N) is 4. The minimum absolute atomic E-state index is 0.106. The van der Waals surface area contributed by atoms with Gasteiger partial charge in [0.05, 0.1) is 17.4 Å². The quantitative estimate of drug-likeness (QED) is 0.560. The van der Waals surface area contributed by atoms with E-state index >= 15 is 0 Å². The smallest absolute Gasteiger partial charge is 0.410 e. The number of imidazole rings is 1. The number of pyridine rings is 2. The van der Waals surface area contributed by atoms with Crippen molar-refractivity contribution in [2.24, 2.45) is 0 Å². The van der Waals surface area contributed by atoms with Gasteiger partial charge in [0.25, 0.3) is 5.91 Å². The molecule has 4 heterocycles. The largest absolute Gasteiger partial charge is 0.490 e. The first kappa shape index (κ1) is 24.5. The Balaban J connectivity index is 1.53. The average Bonchev–Trinajstić information content (AvgIpc) is 3.21. The molecule has 1 saturated heterocycles. The number of nitrogens with one attached hydrogen (secondary N) is 1. The van der Waals surface area contributed by atoms with Gasteiger partial charge in [-0.1, -0.05) is 6.07 Å². The van der Waals surface area contributed by atoms with Crippen LogP contribution in [-0.2, 0) is 4.74 Å². The molecule has 35 heavy (non-hydrogen) atoms. The fourth-order valence-electron chi connectivity index (χ4n) is 4.06. The summed E-state index contributed by atoms with van der Waals surface area (Å²) in [5, 5.41) is 2.83. The van der Waals surface area contributed by atoms with E-state index in [2.05, 4.69) is 10.3 Å². The number of likely N-dealkylation sites (tertiary alicyclic amines) is 1. The highest BCUT2D eigenvalue weighted by atomic mass is 16.6. The molecule has 9 nitrogen and oxygen atoms in total. The van der Waals surface area contributed by atoms with Gasteiger partial charge in [-0.15, -0.1) is 0 Å². The van der Waals surface area contributed by atoms with E-state index in [1.54, 1.807) is 35.5 Å². The second-order valence-electron chi connectivity index (χ2n) is 10.1. The summed E-state index contributed by atoms with van der Waals surface area (Å²) in [7, 11) is 0. The lowest BCUT2D eigenvalue weighted by atomic mass is 9.94. The molecule has 1 N–H and O–H groups in total. The first-order chi connectivity index (χ1) is 16.6. The number of hydrogen-bond acceptors (Lipinski definition) is 6. The van der Waals surface area contributed by atoms with Crippen LogP contribution in [0.5, 0.6) is 5.75 Å². The molecule has 0 saturated carbocycles. The lowest BCUT2D eigenvalue weighted by molar-refractivity contribution is 0.0204. The fourth-order valence-corrected chi connectivity index (χ4v) is 4.06. The Bertz CT molecular complexity index is 1190. The van der Waals surface area contributed by atoms with Crippen LogP contribution < -0.4 is 10.1 Å². The Hall–Kier alpha value is -3.62. The third-order valence-electron chi connectivity index (χ3n) is 5.65. The molecule has 4 rings (SSSR count). The molecule has 2 amide bonds. The maximum Gasteiger partial charge on any atom is 0.410 e. The summed E-state index contributed by atoms with van der Waals surface area (Å²) < 4.78 is 13.3. The van der Waals surface area contributed by atoms with E-state index in [1.807, 2.05) is 51.3 Å². The monoisotopic (exact) mass is 479 g/mol. The molecule has 3 aromatic rings. The van der Waals surface area contributed by atoms with E-state index in [9.17, 15) is 9.59 Å². The van der Waals surface area contributed by atoms with Gasteiger partial charge in [0.1, 0.15) is 22.8 Å². The topological polar surface area (TPSA) is 98.1 Å². The van der Waals surface area contributed by atoms with Gasteiger partial charge in [-0.05, 0) is 59.6 Å². The van der Waals surface area contributed by atoms with Crippen LogP contribution in [-0.4, -0.2) is 56.1 Å². The molecule has 0 unspecified atom stereocenters. The number of carbonyl (C=O) groups is 2. The second-order valence-corrected chi connectivity index (χ2v) is 10.1. The van der Waals surface area contributed by atoms with Gasteiger partial charge < -0.3 is 24.1 Å². The number of amides is 2. The zero-order valence-electron chi connectivity index (χ0n) is 20.9. The van der Waals surface area contributed by atoms with Crippen molar-refractivity contribution in [1.82, 2.24) is 19.3 Å². The normalized spacial score (nSPS) is 14.9. The van der Waals surface area contributed by atoms with Crippen LogP contribution in [0.25, 0.3) is 5.65 Å². The number of ether oxygens (including phenoxy) is 2. The number of anilines is 1. The second kappa shape index (κ2) is 9.93. The summed E-state index contributed by atoms with van der Waals surface area (Å²) in [4.78, 5) is 36.2. The van der Waals surface area contributed by atoms with Gasteiger partial charge in [-0.25, -0.2) is 14.8 Å². The minimum atomic E-state index is -0.508. The highest BCUT2D eigenvalue weighted by molar-refractivity contribution is 6.05. The van der Waals surface area contributed by atoms with Crippen LogP contribution in [0, 0.1) is 0 Å². The predicted octanol–water partition coefficient (Wildman–Crippen LogP) is 4.88. The fraction of sp³-hybridized carbons (Fsp3) is 0.462. The lowest BCUT2D eigenvalue weighted by Crippen LogP contribution is -2.41. The Morgan fingerprint density at radius 2 is 1.89 bits per heavy atom. The number of aromatic nitrogens is 3. The van der Waals surface area contributed by atoms with Gasteiger partial charge in [0.15, 0.2) is 0 Å². The third-order valence-corrected chi connectivity index (χ3v) is 5.65. The first-order valence-corrected chi connectivity index (χ1v) is 12.0. The van der Waals surface area contributed by atoms with E-state index in [0.717, 1.165) is 18.5 Å². The minimum Gasteiger partial charge on any atom is -0.490 e. The van der Waals surface area contributed by atoms with Crippen molar-refractivity contribution in [3.8, 4) is 5.75 Å². The number of fused-ring (bicyclic) bond motifs is 1. The van der Waals surface area contributed by atoms with E-state index in [1.165, 1.54) is 0 Å². The van der Waals surface area contributed by atoms with E-state index < -0.39 is 5.60 Å². The van der Waals surface area contributed by atoms with Crippen molar-refractivity contribution >= 4 is 23.5 Å². The van der Waals surface area contributed by atoms with Gasteiger partial charge in [0.2, 0.25) is 0 Å². The molecule has 3 aromatic heterocycles. The molecule has 186 valence electrons. The molecule has 0 aromatic carbocycles. The van der Waals surface area contributed by atoms with Gasteiger partial charge in [0, 0.05) is 43.7 Å². The summed E-state index contributed by atoms with van der Waals surface area (Å²) in [5.41, 5.74) is 1.54. The Labute approximate surface area is 205 Å². The molecule has 1 fully saturated rings. The Morgan fingerprint density at radius 3 is 2.51 bits per heavy atom. The van der Waals surface area contributed by atoms with Gasteiger partial charge in [-0.3, -0.25) is 4.79 Å². The van der Waals surface area contributed by atoms with Crippen LogP contribution in [0.4, 0.5) is 10.6 Å². The molecule has 0 spiro atoms. The molecular weight excluding hydrogens is 446 g/mol. The predicted molar refractivity (Wildman–Crippen MR) is 133 cm³/mol. The van der Waals surface area contributed by atoms with Crippen LogP contribution in [0.3, 0.4) is 0 Å². The molecule has 1 aliphatic heterocycles. The lowest BCUT2D eigenvalue weighted by Gasteiger charge is -2.32. The highest BCUT2D eigenvalue weighted by Crippen LogP contribution is 2.30. The molecule has 9 heteroatoms. The van der Waals surface area contributed by atoms with Crippen LogP contribution in [0.2, 0.25) is 0 Å². The van der Waals surface area contributed by atoms with Crippen molar-refractivity contribution in [2.45, 2.75) is 65.1 Å². The highest BCUT2D eigenvalue weighted by Gasteiger charge is 2.29. The Morgan fingerprint density at radius 1 is 1.14 bits per heavy atom. The zero-order valence-corrected chi connectivity index (χ0v) is 20.9. The molecule has 0 atom stereocenters. The molecule has 1 aliphatic rings. The summed E-state index contributed by atoms with van der Waals surface area (Å²) >= 11 is 0. The number of carbonyl (C=O) groups excluding carboxylic acids is 2. The van der Waals surface area contributed by atoms with Crippen molar-refractivity contribution in [1.29, 1.82) is 0 Å². The summed E-state index contributed by atoms with van der Waals surface area (Å²) in [6.45, 7) is 10.7. The van der Waals surface area contributed by atoms with Crippen LogP contribution in [0.1, 0.15) is 69.4 Å². The number of piperidine rings is 1. The molecule has 0 aliphatic carbocycles. The summed E-state index contributed by atoms with van der Waals surface area (Å²) in [6, 6.07) is 7.14.